The number of hydrogen-bond acceptors (Lipinski definition) is 15. The van der Waals surface area contributed by atoms with Crippen LogP contribution in [0.5, 0.6) is 5.75 Å². The van der Waals surface area contributed by atoms with Crippen molar-refractivity contribution in [1.82, 2.24) is 42.1 Å². The number of carbonyl (C=O) groups is 11. The number of nitrogens with zero attached hydrogens (tertiary/aromatic N) is 1. The number of carboxylic acids is 1. The van der Waals surface area contributed by atoms with E-state index in [2.05, 4.69) is 37.2 Å². The molecule has 2 fully saturated rings. The Balaban J connectivity index is 1.69. The number of carbonyl (C=O) groups excluding carboxylic acids is 10. The van der Waals surface area contributed by atoms with Gasteiger partial charge in [0.15, 0.2) is 0 Å². The van der Waals surface area contributed by atoms with E-state index in [4.69, 9.17) is 27.0 Å². The quantitative estimate of drug-likeness (QED) is 0.0477. The third kappa shape index (κ3) is 20.2. The average Bonchev–Trinajstić information content (AvgIpc) is 3.86. The SMILES string of the molecule is CCOc1ccc(C[C@@H]2NC(=O)CCSSC[C@@H](C(=O)N3CCC[C@H]3C(=O)N[C@@H](CCCCN)C(=O)NCC(=O)O)NC(=O)[C@H](CC(N)=O)NC(=O)[C@H](CCC(N)=O)NC(=O)[C@H](Cc3ccccc3)NC2=O)cc1. The van der Waals surface area contributed by atoms with Crippen molar-refractivity contribution in [3.63, 3.8) is 0 Å². The summed E-state index contributed by atoms with van der Waals surface area (Å²) in [4.78, 5) is 149. The summed E-state index contributed by atoms with van der Waals surface area (Å²) >= 11 is 0. The zero-order valence-electron chi connectivity index (χ0n) is 41.1. The molecule has 0 unspecified atom stereocenters. The van der Waals surface area contributed by atoms with E-state index in [-0.39, 0.29) is 50.2 Å². The van der Waals surface area contributed by atoms with Gasteiger partial charge >= 0.3 is 5.97 Å². The lowest BCUT2D eigenvalue weighted by atomic mass is 10.0. The van der Waals surface area contributed by atoms with Crippen molar-refractivity contribution >= 4 is 86.6 Å². The van der Waals surface area contributed by atoms with Gasteiger partial charge in [-0.25, -0.2) is 0 Å². The summed E-state index contributed by atoms with van der Waals surface area (Å²) in [7, 11) is 2.23. The zero-order chi connectivity index (χ0) is 54.2. The van der Waals surface area contributed by atoms with Crippen LogP contribution >= 0.6 is 21.6 Å². The Bertz CT molecular complexity index is 2300. The Morgan fingerprint density at radius 3 is 2.04 bits per heavy atom. The number of nitrogens with two attached hydrogens (primary N) is 3. The third-order valence-corrected chi connectivity index (χ3v) is 14.2. The van der Waals surface area contributed by atoms with Crippen LogP contribution in [0.1, 0.15) is 75.8 Å². The molecule has 0 bridgehead atoms. The molecule has 0 radical (unpaired) electrons. The van der Waals surface area contributed by atoms with Crippen LogP contribution in [0, 0.1) is 0 Å². The van der Waals surface area contributed by atoms with Crippen LogP contribution in [0.3, 0.4) is 0 Å². The van der Waals surface area contributed by atoms with Gasteiger partial charge in [-0.1, -0.05) is 64.1 Å². The lowest BCUT2D eigenvalue weighted by Crippen LogP contribution is -2.61. The summed E-state index contributed by atoms with van der Waals surface area (Å²) in [5, 5.41) is 27.1. The molecule has 0 saturated carbocycles. The summed E-state index contributed by atoms with van der Waals surface area (Å²) in [6, 6.07) is 5.79. The molecular formula is C48H67N11O13S2. The maximum atomic E-state index is 14.5. The topological polar surface area (TPSA) is 383 Å². The first-order chi connectivity index (χ1) is 35.4. The molecule has 74 heavy (non-hydrogen) atoms. The largest absolute Gasteiger partial charge is 0.494 e. The van der Waals surface area contributed by atoms with Crippen LogP contribution in [-0.2, 0) is 65.6 Å². The van der Waals surface area contributed by atoms with Crippen molar-refractivity contribution in [2.24, 2.45) is 17.2 Å². The fraction of sp³-hybridized carbons (Fsp3) is 0.521. The molecule has 7 atom stereocenters. The fourth-order valence-corrected chi connectivity index (χ4v) is 10.2. The highest BCUT2D eigenvalue weighted by molar-refractivity contribution is 8.76. The standard InChI is InChI=1S/C48H67N11O13S2/c1-2-72-30-15-13-29(14-16-30)24-33-44(67)56-34(23-28-9-4-3-5-10-28)45(68)54-32(17-18-38(50)60)43(66)57-35(25-39(51)61)46(69)58-36(27-74-73-22-19-40(62)53-33)48(71)59-21-8-12-37(59)47(70)55-31(11-6-7-20-49)42(65)52-26-41(63)64/h3-5,9-10,13-16,31-37H,2,6-8,11-12,17-27,49H2,1H3,(H2,50,60)(H2,51,61)(H,52,65)(H,53,62)(H,54,68)(H,55,70)(H,56,67)(H,57,66)(H,58,69)(H,63,64)/t31-,32-,33-,34-,35-,36-,37-/m0/s1. The predicted molar refractivity (Wildman–Crippen MR) is 273 cm³/mol. The highest BCUT2D eigenvalue weighted by atomic mass is 33.1. The Morgan fingerprint density at radius 2 is 1.41 bits per heavy atom. The fourth-order valence-electron chi connectivity index (χ4n) is 8.02. The molecule has 2 aromatic rings. The highest BCUT2D eigenvalue weighted by Gasteiger charge is 2.40. The number of primary amides is 2. The van der Waals surface area contributed by atoms with E-state index in [0.717, 1.165) is 21.6 Å². The lowest BCUT2D eigenvalue weighted by molar-refractivity contribution is -0.142. The second-order valence-electron chi connectivity index (χ2n) is 17.5. The van der Waals surface area contributed by atoms with Crippen LogP contribution in [0.25, 0.3) is 0 Å². The molecule has 26 heteroatoms. The van der Waals surface area contributed by atoms with Crippen molar-refractivity contribution in [1.29, 1.82) is 0 Å². The average molecular weight is 1070 g/mol. The molecule has 10 amide bonds. The number of likely N-dealkylation sites (tertiary alicyclic amines) is 1. The van der Waals surface area contributed by atoms with Crippen molar-refractivity contribution in [2.45, 2.75) is 120 Å². The summed E-state index contributed by atoms with van der Waals surface area (Å²) in [6.07, 6.45) is -0.334. The Kier molecular flexibility index (Phi) is 24.9. The molecule has 24 nitrogen and oxygen atoms in total. The molecule has 2 aliphatic heterocycles. The molecule has 404 valence electrons. The molecule has 0 spiro atoms. The number of unbranched alkanes of at least 4 members (excludes halogenated alkanes) is 1. The summed E-state index contributed by atoms with van der Waals surface area (Å²) < 4.78 is 5.56. The van der Waals surface area contributed by atoms with Crippen molar-refractivity contribution in [3.8, 4) is 5.75 Å². The van der Waals surface area contributed by atoms with Gasteiger partial charge in [-0.2, -0.15) is 0 Å². The first kappa shape index (κ1) is 59.6. The number of carboxylic acid groups (broad SMARTS) is 1. The number of benzene rings is 2. The molecule has 4 rings (SSSR count). The summed E-state index contributed by atoms with van der Waals surface area (Å²) in [5.41, 5.74) is 17.9. The molecule has 0 aromatic heterocycles. The Labute approximate surface area is 436 Å². The van der Waals surface area contributed by atoms with E-state index in [1.807, 2.05) is 6.92 Å². The first-order valence-electron chi connectivity index (χ1n) is 24.3. The number of aliphatic carboxylic acids is 1. The maximum Gasteiger partial charge on any atom is 0.322 e. The monoisotopic (exact) mass is 1070 g/mol. The minimum absolute atomic E-state index is 0.0116. The van der Waals surface area contributed by atoms with E-state index in [1.165, 1.54) is 4.90 Å². The van der Waals surface area contributed by atoms with Gasteiger partial charge in [0.25, 0.3) is 0 Å². The van der Waals surface area contributed by atoms with E-state index < -0.39 is 133 Å². The summed E-state index contributed by atoms with van der Waals surface area (Å²) in [6.45, 7) is 1.90. The van der Waals surface area contributed by atoms with Crippen LogP contribution in [0.4, 0.5) is 0 Å². The van der Waals surface area contributed by atoms with Crippen LogP contribution in [0.15, 0.2) is 54.6 Å². The van der Waals surface area contributed by atoms with Crippen molar-refractivity contribution < 1.29 is 62.6 Å². The maximum absolute atomic E-state index is 14.5. The lowest BCUT2D eigenvalue weighted by Gasteiger charge is -2.31. The second-order valence-corrected chi connectivity index (χ2v) is 20.1. The van der Waals surface area contributed by atoms with Gasteiger partial charge in [0.2, 0.25) is 59.1 Å². The Morgan fingerprint density at radius 1 is 0.784 bits per heavy atom. The van der Waals surface area contributed by atoms with Crippen molar-refractivity contribution in [2.75, 3.05) is 37.7 Å². The Hall–Kier alpha value is -6.93. The van der Waals surface area contributed by atoms with Gasteiger partial charge in [0, 0.05) is 43.7 Å². The first-order valence-corrected chi connectivity index (χ1v) is 26.8. The molecule has 2 heterocycles. The molecule has 14 N–H and O–H groups in total. The van der Waals surface area contributed by atoms with Crippen molar-refractivity contribution in [3.05, 3.63) is 65.7 Å². The molecule has 2 aliphatic rings. The number of ether oxygens (including phenoxy) is 1. The smallest absolute Gasteiger partial charge is 0.322 e. The van der Waals surface area contributed by atoms with Gasteiger partial charge in [-0.05, 0) is 75.3 Å². The number of rotatable bonds is 21. The van der Waals surface area contributed by atoms with Gasteiger partial charge in [0.05, 0.1) is 13.0 Å². The number of nitrogens with one attached hydrogen (secondary N) is 7. The molecule has 0 aliphatic carbocycles. The van der Waals surface area contributed by atoms with Gasteiger partial charge in [0.1, 0.15) is 54.6 Å². The van der Waals surface area contributed by atoms with Gasteiger partial charge < -0.3 is 69.2 Å². The van der Waals surface area contributed by atoms with E-state index >= 15 is 0 Å². The van der Waals surface area contributed by atoms with E-state index in [9.17, 15) is 52.7 Å². The van der Waals surface area contributed by atoms with Crippen LogP contribution in [0.2, 0.25) is 0 Å². The zero-order valence-corrected chi connectivity index (χ0v) is 42.7. The van der Waals surface area contributed by atoms with E-state index in [1.54, 1.807) is 54.6 Å². The minimum Gasteiger partial charge on any atom is -0.494 e. The van der Waals surface area contributed by atoms with Crippen LogP contribution < -0.4 is 59.2 Å². The normalized spacial score (nSPS) is 21.8. The minimum atomic E-state index is -1.75. The predicted octanol–water partition coefficient (Wildman–Crippen LogP) is -1.97. The molecule has 2 aromatic carbocycles. The van der Waals surface area contributed by atoms with Crippen LogP contribution in [-0.4, -0.2) is 155 Å². The summed E-state index contributed by atoms with van der Waals surface area (Å²) in [5.74, 6) is -9.15. The molecule has 2 saturated heterocycles. The number of amides is 10. The van der Waals surface area contributed by atoms with E-state index in [0.29, 0.717) is 49.3 Å². The third-order valence-electron chi connectivity index (χ3n) is 11.8. The molecular weight excluding hydrogens is 1000 g/mol. The number of hydrogen-bond donors (Lipinski definition) is 11. The second kappa shape index (κ2) is 31.0. The highest BCUT2D eigenvalue weighted by Crippen LogP contribution is 2.26. The van der Waals surface area contributed by atoms with Gasteiger partial charge in [-0.15, -0.1) is 0 Å². The van der Waals surface area contributed by atoms with Gasteiger partial charge in [-0.3, -0.25) is 52.7 Å².